The van der Waals surface area contributed by atoms with E-state index in [9.17, 15) is 13.2 Å². The van der Waals surface area contributed by atoms with Crippen LogP contribution in [0, 0.1) is 6.92 Å². The average Bonchev–Trinajstić information content (AvgIpc) is 2.60. The number of nitrogens with one attached hydrogen (secondary N) is 1. The van der Waals surface area contributed by atoms with Crippen molar-refractivity contribution in [3.05, 3.63) is 59.1 Å². The molecule has 0 bridgehead atoms. The number of aryl methyl sites for hydroxylation is 1. The van der Waals surface area contributed by atoms with Gasteiger partial charge >= 0.3 is 0 Å². The summed E-state index contributed by atoms with van der Waals surface area (Å²) in [5.41, 5.74) is 1.38. The van der Waals surface area contributed by atoms with Crippen LogP contribution in [0.15, 0.2) is 48.5 Å². The highest BCUT2D eigenvalue weighted by Crippen LogP contribution is 2.23. The number of ether oxygens (including phenoxy) is 1. The predicted octanol–water partition coefficient (Wildman–Crippen LogP) is 3.00. The Kier molecular flexibility index (Phi) is 7.10. The maximum absolute atomic E-state index is 12.5. The van der Waals surface area contributed by atoms with E-state index < -0.39 is 22.0 Å². The molecule has 6 nitrogen and oxygen atoms in total. The van der Waals surface area contributed by atoms with E-state index in [1.165, 1.54) is 6.92 Å². The van der Waals surface area contributed by atoms with Crippen LogP contribution in [0.25, 0.3) is 0 Å². The van der Waals surface area contributed by atoms with E-state index in [1.54, 1.807) is 24.3 Å². The van der Waals surface area contributed by atoms with Crippen LogP contribution in [0.5, 0.6) is 5.75 Å². The lowest BCUT2D eigenvalue weighted by Crippen LogP contribution is -2.48. The molecule has 0 aliphatic heterocycles. The molecule has 0 saturated carbocycles. The number of hydrogen-bond acceptors (Lipinski definition) is 4. The smallest absolute Gasteiger partial charge is 0.243 e. The van der Waals surface area contributed by atoms with Crippen LogP contribution in [-0.2, 0) is 14.8 Å². The van der Waals surface area contributed by atoms with Crippen LogP contribution in [-0.4, -0.2) is 39.8 Å². The molecule has 2 rings (SSSR count). The Morgan fingerprint density at radius 2 is 1.81 bits per heavy atom. The third-order valence-electron chi connectivity index (χ3n) is 3.92. The molecule has 0 aliphatic carbocycles. The largest absolute Gasteiger partial charge is 0.491 e. The van der Waals surface area contributed by atoms with Crippen LogP contribution in [0.3, 0.4) is 0 Å². The highest BCUT2D eigenvalue weighted by molar-refractivity contribution is 7.92. The quantitative estimate of drug-likeness (QED) is 0.679. The van der Waals surface area contributed by atoms with Crippen molar-refractivity contribution in [3.8, 4) is 5.75 Å². The molecule has 1 amide bonds. The van der Waals surface area contributed by atoms with Crippen LogP contribution in [0.1, 0.15) is 12.5 Å². The minimum absolute atomic E-state index is 0.260. The van der Waals surface area contributed by atoms with Crippen LogP contribution in [0.4, 0.5) is 5.69 Å². The van der Waals surface area contributed by atoms with E-state index in [0.717, 1.165) is 21.9 Å². The lowest BCUT2D eigenvalue weighted by atomic mass is 10.2. The number of halogens is 1. The van der Waals surface area contributed by atoms with Gasteiger partial charge in [-0.1, -0.05) is 29.8 Å². The van der Waals surface area contributed by atoms with Crippen molar-refractivity contribution in [1.82, 2.24) is 5.32 Å². The first-order valence-corrected chi connectivity index (χ1v) is 10.6. The van der Waals surface area contributed by atoms with Gasteiger partial charge in [0, 0.05) is 5.02 Å². The van der Waals surface area contributed by atoms with Crippen LogP contribution >= 0.6 is 11.6 Å². The minimum atomic E-state index is -3.66. The second kappa shape index (κ2) is 9.10. The predicted molar refractivity (Wildman–Crippen MR) is 108 cm³/mol. The van der Waals surface area contributed by atoms with Gasteiger partial charge in [-0.25, -0.2) is 8.42 Å². The molecule has 2 aromatic carbocycles. The third-order valence-corrected chi connectivity index (χ3v) is 5.42. The SMILES string of the molecule is Cc1ccccc1OCCNC(=O)C(C)N(c1ccc(Cl)cc1)S(C)(=O)=O. The standard InChI is InChI=1S/C19H23ClN2O4S/c1-14-6-4-5-7-18(14)26-13-12-21-19(23)15(2)22(27(3,24)25)17-10-8-16(20)9-11-17/h4-11,15H,12-13H2,1-3H3,(H,21,23). The van der Waals surface area contributed by atoms with Crippen molar-refractivity contribution in [3.63, 3.8) is 0 Å². The van der Waals surface area contributed by atoms with E-state index >= 15 is 0 Å². The molecule has 0 aromatic heterocycles. The van der Waals surface area contributed by atoms with Crippen molar-refractivity contribution in [2.24, 2.45) is 0 Å². The summed E-state index contributed by atoms with van der Waals surface area (Å²) >= 11 is 5.86. The number of para-hydroxylation sites is 1. The Bertz CT molecular complexity index is 885. The third kappa shape index (κ3) is 5.87. The van der Waals surface area contributed by atoms with E-state index in [2.05, 4.69) is 5.32 Å². The molecular weight excluding hydrogens is 388 g/mol. The first-order chi connectivity index (χ1) is 12.7. The fourth-order valence-corrected chi connectivity index (χ4v) is 3.90. The minimum Gasteiger partial charge on any atom is -0.491 e. The highest BCUT2D eigenvalue weighted by atomic mass is 35.5. The molecule has 1 atom stereocenters. The molecule has 0 aliphatic rings. The van der Waals surface area contributed by atoms with Gasteiger partial charge in [0.05, 0.1) is 18.5 Å². The molecule has 2 aromatic rings. The van der Waals surface area contributed by atoms with E-state index in [1.807, 2.05) is 31.2 Å². The summed E-state index contributed by atoms with van der Waals surface area (Å²) in [6.45, 7) is 4.01. The van der Waals surface area contributed by atoms with E-state index in [0.29, 0.717) is 10.7 Å². The Morgan fingerprint density at radius 3 is 2.41 bits per heavy atom. The maximum Gasteiger partial charge on any atom is 0.243 e. The summed E-state index contributed by atoms with van der Waals surface area (Å²) in [6, 6.07) is 13.0. The lowest BCUT2D eigenvalue weighted by Gasteiger charge is -2.28. The second-order valence-corrected chi connectivity index (χ2v) is 8.41. The molecule has 1 N–H and O–H groups in total. The molecule has 0 spiro atoms. The molecule has 146 valence electrons. The molecule has 0 saturated heterocycles. The maximum atomic E-state index is 12.5. The lowest BCUT2D eigenvalue weighted by molar-refractivity contribution is -0.121. The number of benzene rings is 2. The number of amides is 1. The fourth-order valence-electron chi connectivity index (χ4n) is 2.60. The normalized spacial score (nSPS) is 12.3. The summed E-state index contributed by atoms with van der Waals surface area (Å²) < 4.78 is 31.1. The van der Waals surface area contributed by atoms with Gasteiger partial charge in [0.2, 0.25) is 15.9 Å². The first kappa shape index (κ1) is 21.1. The van der Waals surface area contributed by atoms with E-state index in [-0.39, 0.29) is 13.2 Å². The number of rotatable bonds is 8. The molecule has 8 heteroatoms. The number of hydrogen-bond donors (Lipinski definition) is 1. The first-order valence-electron chi connectivity index (χ1n) is 8.41. The molecular formula is C19H23ClN2O4S. The summed E-state index contributed by atoms with van der Waals surface area (Å²) in [7, 11) is -3.66. The van der Waals surface area contributed by atoms with Crippen LogP contribution in [0.2, 0.25) is 5.02 Å². The fraction of sp³-hybridized carbons (Fsp3) is 0.316. The monoisotopic (exact) mass is 410 g/mol. The van der Waals surface area contributed by atoms with Gasteiger partial charge in [0.25, 0.3) is 0 Å². The van der Waals surface area contributed by atoms with Crippen molar-refractivity contribution in [2.45, 2.75) is 19.9 Å². The Morgan fingerprint density at radius 1 is 1.19 bits per heavy atom. The molecule has 0 fully saturated rings. The number of sulfonamides is 1. The zero-order valence-electron chi connectivity index (χ0n) is 15.5. The molecule has 0 radical (unpaired) electrons. The topological polar surface area (TPSA) is 75.7 Å². The van der Waals surface area contributed by atoms with Crippen molar-refractivity contribution >= 4 is 33.2 Å². The highest BCUT2D eigenvalue weighted by Gasteiger charge is 2.28. The van der Waals surface area contributed by atoms with Gasteiger partial charge in [-0.05, 0) is 49.7 Å². The van der Waals surface area contributed by atoms with Crippen molar-refractivity contribution in [1.29, 1.82) is 0 Å². The average molecular weight is 411 g/mol. The van der Waals surface area contributed by atoms with Crippen molar-refractivity contribution < 1.29 is 17.9 Å². The Balaban J connectivity index is 1.98. The van der Waals surface area contributed by atoms with Crippen LogP contribution < -0.4 is 14.4 Å². The number of carbonyl (C=O) groups excluding carboxylic acids is 1. The summed E-state index contributed by atoms with van der Waals surface area (Å²) in [6.07, 6.45) is 1.06. The summed E-state index contributed by atoms with van der Waals surface area (Å²) in [5, 5.41) is 3.19. The molecule has 27 heavy (non-hydrogen) atoms. The molecule has 1 unspecified atom stereocenters. The number of carbonyl (C=O) groups is 1. The zero-order valence-corrected chi connectivity index (χ0v) is 17.0. The van der Waals surface area contributed by atoms with Crippen molar-refractivity contribution in [2.75, 3.05) is 23.7 Å². The van der Waals surface area contributed by atoms with Gasteiger partial charge < -0.3 is 10.1 Å². The number of anilines is 1. The molecule has 0 heterocycles. The van der Waals surface area contributed by atoms with Gasteiger partial charge in [-0.15, -0.1) is 0 Å². The zero-order chi connectivity index (χ0) is 20.0. The Hall–Kier alpha value is -2.25. The Labute approximate surface area is 165 Å². The van der Waals surface area contributed by atoms with E-state index in [4.69, 9.17) is 16.3 Å². The van der Waals surface area contributed by atoms with Gasteiger partial charge in [0.15, 0.2) is 0 Å². The number of nitrogens with zero attached hydrogens (tertiary/aromatic N) is 1. The summed E-state index contributed by atoms with van der Waals surface area (Å²) in [5.74, 6) is 0.336. The van der Waals surface area contributed by atoms with Gasteiger partial charge in [-0.3, -0.25) is 9.10 Å². The van der Waals surface area contributed by atoms with Gasteiger partial charge in [-0.2, -0.15) is 0 Å². The van der Waals surface area contributed by atoms with Gasteiger partial charge in [0.1, 0.15) is 18.4 Å². The summed E-state index contributed by atoms with van der Waals surface area (Å²) in [4.78, 5) is 12.5. The second-order valence-electron chi connectivity index (χ2n) is 6.12.